The van der Waals surface area contributed by atoms with Crippen LogP contribution in [0.2, 0.25) is 0 Å². The van der Waals surface area contributed by atoms with E-state index < -0.39 is 0 Å². The van der Waals surface area contributed by atoms with Gasteiger partial charge in [-0.3, -0.25) is 4.98 Å². The van der Waals surface area contributed by atoms with Crippen LogP contribution in [0.5, 0.6) is 23.0 Å². The minimum absolute atomic E-state index is 0. The molecule has 1 heterocycles. The number of phenols is 1. The molecule has 0 aliphatic rings. The predicted molar refractivity (Wildman–Crippen MR) is 99.6 cm³/mol. The van der Waals surface area contributed by atoms with Gasteiger partial charge in [0.05, 0.1) is 27.0 Å². The summed E-state index contributed by atoms with van der Waals surface area (Å²) >= 11 is 0. The van der Waals surface area contributed by atoms with Gasteiger partial charge in [0.25, 0.3) is 0 Å². The molecule has 0 radical (unpaired) electrons. The van der Waals surface area contributed by atoms with E-state index >= 15 is 0 Å². The summed E-state index contributed by atoms with van der Waals surface area (Å²) in [5.74, 6) is 2.03. The number of halogens is 1. The molecule has 0 saturated heterocycles. The molecule has 0 fully saturated rings. The van der Waals surface area contributed by atoms with Crippen LogP contribution < -0.4 is 14.2 Å². The minimum atomic E-state index is 0. The van der Waals surface area contributed by atoms with Gasteiger partial charge in [0.2, 0.25) is 5.75 Å². The van der Waals surface area contributed by atoms with Crippen molar-refractivity contribution in [3.8, 4) is 23.0 Å². The smallest absolute Gasteiger partial charge is 0.203 e. The van der Waals surface area contributed by atoms with Crippen LogP contribution >= 0.6 is 12.4 Å². The molecular weight excluding hydrogens is 342 g/mol. The molecule has 0 saturated carbocycles. The average molecular weight is 362 g/mol. The van der Waals surface area contributed by atoms with E-state index in [2.05, 4.69) is 4.98 Å². The molecule has 6 heteroatoms. The molecule has 25 heavy (non-hydrogen) atoms. The van der Waals surface area contributed by atoms with Gasteiger partial charge in [-0.15, -0.1) is 12.4 Å². The summed E-state index contributed by atoms with van der Waals surface area (Å²) in [4.78, 5) is 4.47. The number of phenolic OH excluding ortho intramolecular Hbond substituents is 1. The lowest BCUT2D eigenvalue weighted by molar-refractivity contribution is 0.324. The van der Waals surface area contributed by atoms with E-state index in [1.807, 2.05) is 30.3 Å². The molecule has 0 bridgehead atoms. The lowest BCUT2D eigenvalue weighted by Crippen LogP contribution is -1.99. The number of hydrogen-bond acceptors (Lipinski definition) is 5. The van der Waals surface area contributed by atoms with Crippen molar-refractivity contribution in [1.82, 2.24) is 4.98 Å². The number of benzene rings is 2. The summed E-state index contributed by atoms with van der Waals surface area (Å²) in [6.07, 6.45) is 2.28. The molecule has 132 valence electrons. The van der Waals surface area contributed by atoms with Gasteiger partial charge < -0.3 is 19.3 Å². The van der Waals surface area contributed by atoms with Crippen molar-refractivity contribution in [2.75, 3.05) is 21.3 Å². The van der Waals surface area contributed by atoms with Gasteiger partial charge >= 0.3 is 0 Å². The van der Waals surface area contributed by atoms with Gasteiger partial charge in [-0.1, -0.05) is 12.1 Å². The van der Waals surface area contributed by atoms with Crippen LogP contribution in [0.1, 0.15) is 11.3 Å². The van der Waals surface area contributed by atoms with Crippen LogP contribution in [-0.4, -0.2) is 31.4 Å². The van der Waals surface area contributed by atoms with E-state index in [0.29, 0.717) is 23.7 Å². The molecule has 3 aromatic rings. The Bertz CT molecular complexity index is 857. The highest BCUT2D eigenvalue weighted by molar-refractivity contribution is 5.89. The Labute approximate surface area is 152 Å². The molecule has 0 spiro atoms. The summed E-state index contributed by atoms with van der Waals surface area (Å²) in [7, 11) is 4.76. The van der Waals surface area contributed by atoms with Crippen molar-refractivity contribution in [2.45, 2.75) is 6.42 Å². The maximum Gasteiger partial charge on any atom is 0.203 e. The fourth-order valence-corrected chi connectivity index (χ4v) is 2.82. The second kappa shape index (κ2) is 7.94. The van der Waals surface area contributed by atoms with Crippen LogP contribution in [0.15, 0.2) is 42.6 Å². The first-order valence-electron chi connectivity index (χ1n) is 7.52. The van der Waals surface area contributed by atoms with E-state index in [4.69, 9.17) is 14.2 Å². The van der Waals surface area contributed by atoms with Crippen LogP contribution in [0.4, 0.5) is 0 Å². The van der Waals surface area contributed by atoms with Gasteiger partial charge in [0, 0.05) is 23.4 Å². The van der Waals surface area contributed by atoms with Crippen LogP contribution in [0.25, 0.3) is 10.8 Å². The molecule has 0 atom stereocenters. The first-order valence-corrected chi connectivity index (χ1v) is 7.52. The van der Waals surface area contributed by atoms with Crippen LogP contribution in [-0.2, 0) is 6.42 Å². The summed E-state index contributed by atoms with van der Waals surface area (Å²) in [6.45, 7) is 0. The molecule has 0 aliphatic carbocycles. The Hall–Kier alpha value is -2.66. The Balaban J connectivity index is 0.00000225. The number of rotatable bonds is 5. The Morgan fingerprint density at radius 2 is 1.60 bits per heavy atom. The molecule has 0 amide bonds. The van der Waals surface area contributed by atoms with Crippen molar-refractivity contribution in [2.24, 2.45) is 0 Å². The number of aromatic hydroxyl groups is 1. The third-order valence-electron chi connectivity index (χ3n) is 3.96. The third-order valence-corrected chi connectivity index (χ3v) is 3.96. The van der Waals surface area contributed by atoms with Gasteiger partial charge in [0.1, 0.15) is 5.75 Å². The zero-order chi connectivity index (χ0) is 17.1. The number of hydrogen-bond donors (Lipinski definition) is 1. The summed E-state index contributed by atoms with van der Waals surface area (Å²) in [5.41, 5.74) is 1.85. The van der Waals surface area contributed by atoms with E-state index in [0.717, 1.165) is 22.0 Å². The normalized spacial score (nSPS) is 10.2. The molecule has 2 aromatic carbocycles. The highest BCUT2D eigenvalue weighted by atomic mass is 35.5. The third kappa shape index (κ3) is 3.56. The number of ether oxygens (including phenoxy) is 3. The van der Waals surface area contributed by atoms with Gasteiger partial charge in [-0.25, -0.2) is 0 Å². The van der Waals surface area contributed by atoms with Crippen LogP contribution in [0, 0.1) is 0 Å². The zero-order valence-electron chi connectivity index (χ0n) is 14.3. The molecule has 1 N–H and O–H groups in total. The fraction of sp³-hybridized carbons (Fsp3) is 0.211. The summed E-state index contributed by atoms with van der Waals surface area (Å²) in [6, 6.07) is 11.1. The van der Waals surface area contributed by atoms with E-state index in [1.54, 1.807) is 33.6 Å². The number of aromatic nitrogens is 1. The highest BCUT2D eigenvalue weighted by Gasteiger charge is 2.14. The van der Waals surface area contributed by atoms with Crippen molar-refractivity contribution >= 4 is 23.2 Å². The monoisotopic (exact) mass is 361 g/mol. The largest absolute Gasteiger partial charge is 0.507 e. The summed E-state index contributed by atoms with van der Waals surface area (Å²) < 4.78 is 16.1. The number of pyridine rings is 1. The lowest BCUT2D eigenvalue weighted by atomic mass is 10.0. The first-order chi connectivity index (χ1) is 11.7. The Kier molecular flexibility index (Phi) is 5.93. The van der Waals surface area contributed by atoms with Gasteiger partial charge in [0.15, 0.2) is 11.5 Å². The first kappa shape index (κ1) is 18.7. The molecule has 1 aromatic heterocycles. The van der Waals surface area contributed by atoms with Crippen LogP contribution in [0.3, 0.4) is 0 Å². The Morgan fingerprint density at radius 3 is 2.20 bits per heavy atom. The topological polar surface area (TPSA) is 60.8 Å². The highest BCUT2D eigenvalue weighted by Crippen LogP contribution is 2.39. The van der Waals surface area contributed by atoms with Crippen molar-refractivity contribution in [1.29, 1.82) is 0 Å². The second-order valence-electron chi connectivity index (χ2n) is 5.34. The quantitative estimate of drug-likeness (QED) is 0.744. The van der Waals surface area contributed by atoms with E-state index in [-0.39, 0.29) is 18.2 Å². The zero-order valence-corrected chi connectivity index (χ0v) is 15.1. The number of methoxy groups -OCH3 is 3. The van der Waals surface area contributed by atoms with Gasteiger partial charge in [-0.05, 0) is 29.8 Å². The molecular formula is C19H20ClNO4. The average Bonchev–Trinajstić information content (AvgIpc) is 2.61. The maximum absolute atomic E-state index is 10.0. The minimum Gasteiger partial charge on any atom is -0.507 e. The summed E-state index contributed by atoms with van der Waals surface area (Å²) in [5, 5.41) is 11.7. The van der Waals surface area contributed by atoms with Crippen molar-refractivity contribution < 1.29 is 19.3 Å². The second-order valence-corrected chi connectivity index (χ2v) is 5.34. The number of fused-ring (bicyclic) bond motifs is 1. The molecule has 5 nitrogen and oxygen atoms in total. The predicted octanol–water partition coefficient (Wildman–Crippen LogP) is 3.98. The number of nitrogens with zero attached hydrogens (tertiary/aromatic N) is 1. The van der Waals surface area contributed by atoms with Gasteiger partial charge in [-0.2, -0.15) is 0 Å². The maximum atomic E-state index is 10.0. The standard InChI is InChI=1S/C19H19NO4.ClH/c1-22-17-10-12(11-18(23-2)19(17)24-3)9-15-13-5-4-6-16(21)14(13)7-8-20-15;/h4-8,10-11,21H,9H2,1-3H3;1H. The molecule has 0 aliphatic heterocycles. The fourth-order valence-electron chi connectivity index (χ4n) is 2.82. The van der Waals surface area contributed by atoms with Crippen molar-refractivity contribution in [3.63, 3.8) is 0 Å². The van der Waals surface area contributed by atoms with E-state index in [9.17, 15) is 5.11 Å². The lowest BCUT2D eigenvalue weighted by Gasteiger charge is -2.14. The Morgan fingerprint density at radius 1 is 0.920 bits per heavy atom. The SMILES string of the molecule is COc1cc(Cc2nccc3c(O)cccc23)cc(OC)c1OC.Cl. The molecule has 3 rings (SSSR count). The van der Waals surface area contributed by atoms with Crippen molar-refractivity contribution in [3.05, 3.63) is 53.9 Å². The molecule has 0 unspecified atom stereocenters. The van der Waals surface area contributed by atoms with E-state index in [1.165, 1.54) is 0 Å².